The normalized spacial score (nSPS) is 21.8. The van der Waals surface area contributed by atoms with Crippen LogP contribution in [-0.4, -0.2) is 84.2 Å². The van der Waals surface area contributed by atoms with E-state index in [1.54, 1.807) is 6.33 Å². The van der Waals surface area contributed by atoms with Crippen LogP contribution < -0.4 is 14.7 Å². The summed E-state index contributed by atoms with van der Waals surface area (Å²) in [5, 5.41) is 0. The summed E-state index contributed by atoms with van der Waals surface area (Å²) >= 11 is 0. The zero-order valence-corrected chi connectivity index (χ0v) is 17.6. The third-order valence-corrected chi connectivity index (χ3v) is 6.53. The van der Waals surface area contributed by atoms with Gasteiger partial charge in [0.25, 0.3) is 0 Å². The highest BCUT2D eigenvalue weighted by atomic mass is 15.3. The minimum Gasteiger partial charge on any atom is -0.355 e. The molecule has 5 rings (SSSR count). The van der Waals surface area contributed by atoms with Gasteiger partial charge in [-0.15, -0.1) is 0 Å². The van der Waals surface area contributed by atoms with Gasteiger partial charge in [0.2, 0.25) is 5.95 Å². The van der Waals surface area contributed by atoms with Gasteiger partial charge in [-0.3, -0.25) is 0 Å². The Morgan fingerprint density at radius 1 is 0.586 bits per heavy atom. The Bertz CT molecular complexity index is 836. The number of hydrogen-bond donors (Lipinski definition) is 0. The van der Waals surface area contributed by atoms with E-state index in [9.17, 15) is 0 Å². The largest absolute Gasteiger partial charge is 0.355 e. The first-order valence-corrected chi connectivity index (χ1v) is 11.3. The molecule has 2 aromatic rings. The number of likely N-dealkylation sites (N-methyl/N-ethyl adjacent to an activating group) is 1. The molecule has 0 atom stereocenters. The van der Waals surface area contributed by atoms with E-state index in [-0.39, 0.29) is 0 Å². The molecule has 2 aromatic heterocycles. The lowest BCUT2D eigenvalue weighted by atomic mass is 10.1. The summed E-state index contributed by atoms with van der Waals surface area (Å²) < 4.78 is 0. The van der Waals surface area contributed by atoms with Crippen LogP contribution in [0.2, 0.25) is 0 Å². The van der Waals surface area contributed by atoms with Crippen LogP contribution in [0.1, 0.15) is 38.5 Å². The molecule has 0 spiro atoms. The number of piperazine rings is 1. The van der Waals surface area contributed by atoms with Gasteiger partial charge in [-0.1, -0.05) is 0 Å². The molecule has 3 saturated heterocycles. The maximum atomic E-state index is 5.07. The lowest BCUT2D eigenvalue weighted by Crippen LogP contribution is -2.45. The third-order valence-electron chi connectivity index (χ3n) is 6.53. The zero-order chi connectivity index (χ0) is 19.6. The standard InChI is InChI=1S/C21H32N8/c1-26-12-14-29(15-13-26)21-24-18-17(20(25-21)28-10-6-3-7-11-28)22-16-23-19(18)27-8-4-2-5-9-27/h16H,2-15H2,1H3. The van der Waals surface area contributed by atoms with Crippen LogP contribution in [0.5, 0.6) is 0 Å². The summed E-state index contributed by atoms with van der Waals surface area (Å²) in [6, 6.07) is 0. The Balaban J connectivity index is 1.60. The van der Waals surface area contributed by atoms with Crippen molar-refractivity contribution in [3.8, 4) is 0 Å². The van der Waals surface area contributed by atoms with E-state index in [2.05, 4.69) is 31.6 Å². The van der Waals surface area contributed by atoms with Gasteiger partial charge in [0.15, 0.2) is 11.6 Å². The maximum Gasteiger partial charge on any atom is 0.228 e. The molecule has 8 heteroatoms. The van der Waals surface area contributed by atoms with Crippen LogP contribution >= 0.6 is 0 Å². The Kier molecular flexibility index (Phi) is 5.35. The topological polar surface area (TPSA) is 64.5 Å². The monoisotopic (exact) mass is 396 g/mol. The van der Waals surface area contributed by atoms with E-state index >= 15 is 0 Å². The molecule has 0 bridgehead atoms. The molecule has 0 amide bonds. The van der Waals surface area contributed by atoms with E-state index in [1.165, 1.54) is 38.5 Å². The van der Waals surface area contributed by atoms with E-state index in [0.717, 1.165) is 81.0 Å². The molecule has 3 aliphatic rings. The molecule has 0 aromatic carbocycles. The molecule has 8 nitrogen and oxygen atoms in total. The first-order valence-electron chi connectivity index (χ1n) is 11.3. The van der Waals surface area contributed by atoms with Crippen LogP contribution in [0.3, 0.4) is 0 Å². The SMILES string of the molecule is CN1CCN(c2nc(N3CCCCC3)c3ncnc(N4CCCCC4)c3n2)CC1. The van der Waals surface area contributed by atoms with Crippen molar-refractivity contribution in [2.75, 3.05) is 74.1 Å². The highest BCUT2D eigenvalue weighted by Crippen LogP contribution is 2.32. The van der Waals surface area contributed by atoms with Crippen LogP contribution in [0.25, 0.3) is 11.0 Å². The predicted molar refractivity (Wildman–Crippen MR) is 117 cm³/mol. The second kappa shape index (κ2) is 8.26. The summed E-state index contributed by atoms with van der Waals surface area (Å²) in [5.41, 5.74) is 1.85. The number of rotatable bonds is 3. The molecule has 3 aliphatic heterocycles. The fraction of sp³-hybridized carbons (Fsp3) is 0.714. The predicted octanol–water partition coefficient (Wildman–Crippen LogP) is 2.15. The second-order valence-electron chi connectivity index (χ2n) is 8.63. The highest BCUT2D eigenvalue weighted by molar-refractivity contribution is 5.94. The molecule has 0 aliphatic carbocycles. The molecule has 0 N–H and O–H groups in total. The minimum atomic E-state index is 0.847. The number of aromatic nitrogens is 4. The van der Waals surface area contributed by atoms with Crippen molar-refractivity contribution in [1.82, 2.24) is 24.8 Å². The molecular weight excluding hydrogens is 364 g/mol. The number of piperidine rings is 2. The van der Waals surface area contributed by atoms with Crippen molar-refractivity contribution in [1.29, 1.82) is 0 Å². The van der Waals surface area contributed by atoms with Gasteiger partial charge in [0.05, 0.1) is 0 Å². The van der Waals surface area contributed by atoms with Gasteiger partial charge in [-0.05, 0) is 45.6 Å². The van der Waals surface area contributed by atoms with Gasteiger partial charge in [-0.2, -0.15) is 4.98 Å². The fourth-order valence-electron chi connectivity index (χ4n) is 4.72. The van der Waals surface area contributed by atoms with Crippen molar-refractivity contribution < 1.29 is 0 Å². The Morgan fingerprint density at radius 3 is 1.86 bits per heavy atom. The quantitative estimate of drug-likeness (QED) is 0.782. The van der Waals surface area contributed by atoms with E-state index in [1.807, 2.05) is 0 Å². The summed E-state index contributed by atoms with van der Waals surface area (Å²) in [6.07, 6.45) is 9.21. The summed E-state index contributed by atoms with van der Waals surface area (Å²) in [7, 11) is 2.18. The van der Waals surface area contributed by atoms with Crippen molar-refractivity contribution in [2.45, 2.75) is 38.5 Å². The molecule has 3 fully saturated rings. The van der Waals surface area contributed by atoms with Crippen molar-refractivity contribution in [3.05, 3.63) is 6.33 Å². The van der Waals surface area contributed by atoms with Gasteiger partial charge < -0.3 is 19.6 Å². The Morgan fingerprint density at radius 2 is 1.21 bits per heavy atom. The number of fused-ring (bicyclic) bond motifs is 1. The van der Waals surface area contributed by atoms with Crippen molar-refractivity contribution in [3.63, 3.8) is 0 Å². The molecular formula is C21H32N8. The average molecular weight is 397 g/mol. The fourth-order valence-corrected chi connectivity index (χ4v) is 4.72. The maximum absolute atomic E-state index is 5.07. The van der Waals surface area contributed by atoms with E-state index in [0.29, 0.717) is 0 Å². The highest BCUT2D eigenvalue weighted by Gasteiger charge is 2.25. The van der Waals surface area contributed by atoms with Crippen LogP contribution in [0, 0.1) is 0 Å². The first kappa shape index (κ1) is 18.8. The molecule has 0 saturated carbocycles. The van der Waals surface area contributed by atoms with Crippen LogP contribution in [0.4, 0.5) is 17.6 Å². The van der Waals surface area contributed by atoms with E-state index in [4.69, 9.17) is 15.0 Å². The van der Waals surface area contributed by atoms with E-state index < -0.39 is 0 Å². The smallest absolute Gasteiger partial charge is 0.228 e. The second-order valence-corrected chi connectivity index (χ2v) is 8.63. The number of anilines is 3. The van der Waals surface area contributed by atoms with Gasteiger partial charge in [0.1, 0.15) is 17.4 Å². The third kappa shape index (κ3) is 3.82. The van der Waals surface area contributed by atoms with Crippen molar-refractivity contribution >= 4 is 28.6 Å². The summed E-state index contributed by atoms with van der Waals surface area (Å²) in [4.78, 5) is 29.0. The molecule has 5 heterocycles. The Hall–Kier alpha value is -2.22. The molecule has 0 unspecified atom stereocenters. The summed E-state index contributed by atoms with van der Waals surface area (Å²) in [6.45, 7) is 8.24. The summed E-state index contributed by atoms with van der Waals surface area (Å²) in [5.74, 6) is 2.84. The average Bonchev–Trinajstić information content (AvgIpc) is 2.79. The minimum absolute atomic E-state index is 0.847. The zero-order valence-electron chi connectivity index (χ0n) is 17.6. The molecule has 156 valence electrons. The molecule has 29 heavy (non-hydrogen) atoms. The lowest BCUT2D eigenvalue weighted by Gasteiger charge is -2.34. The number of nitrogens with zero attached hydrogens (tertiary/aromatic N) is 8. The first-order chi connectivity index (χ1) is 14.3. The van der Waals surface area contributed by atoms with Gasteiger partial charge >= 0.3 is 0 Å². The molecule has 0 radical (unpaired) electrons. The van der Waals surface area contributed by atoms with Gasteiger partial charge in [0, 0.05) is 52.4 Å². The van der Waals surface area contributed by atoms with Gasteiger partial charge in [-0.25, -0.2) is 15.0 Å². The Labute approximate surface area is 172 Å². The lowest BCUT2D eigenvalue weighted by molar-refractivity contribution is 0.311. The number of hydrogen-bond acceptors (Lipinski definition) is 8. The van der Waals surface area contributed by atoms with Crippen LogP contribution in [-0.2, 0) is 0 Å². The van der Waals surface area contributed by atoms with Crippen LogP contribution in [0.15, 0.2) is 6.33 Å². The van der Waals surface area contributed by atoms with Crippen molar-refractivity contribution in [2.24, 2.45) is 0 Å².